The molecule has 0 saturated heterocycles. The van der Waals surface area contributed by atoms with Gasteiger partial charge in [-0.05, 0) is 38.8 Å². The maximum Gasteiger partial charge on any atom is 4.00 e. The van der Waals surface area contributed by atoms with Gasteiger partial charge < -0.3 is 20.0 Å². The van der Waals surface area contributed by atoms with Gasteiger partial charge in [-0.15, -0.1) is 25.5 Å². The minimum atomic E-state index is 0. The second-order valence-corrected chi connectivity index (χ2v) is 4.89. The van der Waals surface area contributed by atoms with Crippen molar-refractivity contribution >= 4 is 11.4 Å². The molecule has 0 atom stereocenters. The largest absolute Gasteiger partial charge is 4.00 e. The third-order valence-corrected chi connectivity index (χ3v) is 3.63. The molecule has 2 aromatic rings. The number of hydrogen-bond donors (Lipinski definition) is 0. The summed E-state index contributed by atoms with van der Waals surface area (Å²) in [7, 11) is 3.64. The molecule has 0 heterocycles. The van der Waals surface area contributed by atoms with Gasteiger partial charge in [0, 0.05) is 0 Å². The summed E-state index contributed by atoms with van der Waals surface area (Å²) >= 11 is 0. The summed E-state index contributed by atoms with van der Waals surface area (Å²) in [4.78, 5) is 0. The van der Waals surface area contributed by atoms with Crippen LogP contribution in [0.5, 0.6) is 0 Å². The molecule has 2 nitrogen and oxygen atoms in total. The van der Waals surface area contributed by atoms with Gasteiger partial charge in [0.25, 0.3) is 0 Å². The number of hydrogen-bond acceptors (Lipinski definition) is 0. The topological polar surface area (TPSA) is 28.2 Å². The van der Waals surface area contributed by atoms with E-state index in [1.165, 1.54) is 22.3 Å². The minimum Gasteiger partial charge on any atom is -1.00 e. The van der Waals surface area contributed by atoms with Crippen LogP contribution < -0.4 is 9.41 Å². The standard InChI is InChI=1S/2C9H12N.2FH.Zr/c2*1-7-5-4-6-9(10-3)8(7)2;;;/h2*4-6H,1-3H3;2*1H;/q2*-1;;;+4/p-2. The van der Waals surface area contributed by atoms with Crippen LogP contribution in [0.1, 0.15) is 22.3 Å². The Balaban J connectivity index is -0.000000308. The van der Waals surface area contributed by atoms with E-state index in [9.17, 15) is 0 Å². The fraction of sp³-hybridized carbons (Fsp3) is 0.333. The Kier molecular flexibility index (Phi) is 15.4. The Morgan fingerprint density at radius 3 is 1.13 bits per heavy atom. The first-order chi connectivity index (χ1) is 9.51. The second-order valence-electron chi connectivity index (χ2n) is 4.89. The van der Waals surface area contributed by atoms with Crippen LogP contribution in [0.15, 0.2) is 36.4 Å². The average Bonchev–Trinajstić information content (AvgIpc) is 2.45. The summed E-state index contributed by atoms with van der Waals surface area (Å²) in [5, 5.41) is 8.26. The van der Waals surface area contributed by atoms with Crippen LogP contribution >= 0.6 is 0 Å². The molecule has 0 aliphatic carbocycles. The van der Waals surface area contributed by atoms with Gasteiger partial charge in [0.2, 0.25) is 0 Å². The van der Waals surface area contributed by atoms with Crippen LogP contribution in [-0.2, 0) is 26.2 Å². The van der Waals surface area contributed by atoms with Gasteiger partial charge in [0.1, 0.15) is 0 Å². The molecular weight excluding hydrogens is 373 g/mol. The van der Waals surface area contributed by atoms with E-state index in [1.54, 1.807) is 0 Å². The zero-order valence-electron chi connectivity index (χ0n) is 14.6. The van der Waals surface area contributed by atoms with Crippen molar-refractivity contribution in [1.29, 1.82) is 0 Å². The van der Waals surface area contributed by atoms with Crippen molar-refractivity contribution in [3.05, 3.63) is 69.3 Å². The number of benzene rings is 2. The number of rotatable bonds is 2. The van der Waals surface area contributed by atoms with E-state index in [4.69, 9.17) is 0 Å². The summed E-state index contributed by atoms with van der Waals surface area (Å²) in [5.41, 5.74) is 7.38. The van der Waals surface area contributed by atoms with Crippen LogP contribution in [0, 0.1) is 27.7 Å². The second kappa shape index (κ2) is 13.2. The average molecular weight is 398 g/mol. The van der Waals surface area contributed by atoms with E-state index >= 15 is 0 Å². The van der Waals surface area contributed by atoms with Crippen molar-refractivity contribution in [3.8, 4) is 0 Å². The fourth-order valence-electron chi connectivity index (χ4n) is 1.96. The SMILES string of the molecule is C[N-]c1cccc(C)c1C.C[N-]c1cccc(C)c1C.[F-].[F-].[Zr+4]. The first-order valence-corrected chi connectivity index (χ1v) is 6.83. The molecule has 0 aromatic heterocycles. The monoisotopic (exact) mass is 396 g/mol. The first-order valence-electron chi connectivity index (χ1n) is 6.83. The van der Waals surface area contributed by atoms with E-state index in [0.29, 0.717) is 0 Å². The van der Waals surface area contributed by atoms with Crippen molar-refractivity contribution < 1.29 is 35.6 Å². The summed E-state index contributed by atoms with van der Waals surface area (Å²) in [6.07, 6.45) is 0. The minimum absolute atomic E-state index is 0. The van der Waals surface area contributed by atoms with Gasteiger partial charge in [-0.25, -0.2) is 0 Å². The van der Waals surface area contributed by atoms with E-state index in [0.717, 1.165) is 11.4 Å². The number of aryl methyl sites for hydroxylation is 2. The Bertz CT molecular complexity index is 523. The fourth-order valence-corrected chi connectivity index (χ4v) is 1.96. The Morgan fingerprint density at radius 1 is 0.609 bits per heavy atom. The zero-order valence-corrected chi connectivity index (χ0v) is 17.1. The van der Waals surface area contributed by atoms with Gasteiger partial charge in [0.15, 0.2) is 0 Å². The van der Waals surface area contributed by atoms with Crippen molar-refractivity contribution in [1.82, 2.24) is 0 Å². The van der Waals surface area contributed by atoms with Crippen molar-refractivity contribution in [2.75, 3.05) is 14.1 Å². The number of halogens is 2. The third-order valence-electron chi connectivity index (χ3n) is 3.63. The van der Waals surface area contributed by atoms with E-state index in [-0.39, 0.29) is 35.6 Å². The number of nitrogens with zero attached hydrogens (tertiary/aromatic N) is 2. The molecule has 2 aromatic carbocycles. The first kappa shape index (κ1) is 26.7. The van der Waals surface area contributed by atoms with Crippen molar-refractivity contribution in [2.45, 2.75) is 27.7 Å². The van der Waals surface area contributed by atoms with Crippen molar-refractivity contribution in [3.63, 3.8) is 0 Å². The molecular formula is C18H24F2N2Zr. The van der Waals surface area contributed by atoms with Gasteiger partial charge >= 0.3 is 26.2 Å². The summed E-state index contributed by atoms with van der Waals surface area (Å²) < 4.78 is 0. The zero-order chi connectivity index (χ0) is 15.1. The molecule has 0 unspecified atom stereocenters. The molecule has 23 heavy (non-hydrogen) atoms. The molecule has 0 radical (unpaired) electrons. The molecule has 5 heteroatoms. The van der Waals surface area contributed by atoms with Crippen LogP contribution in [0.2, 0.25) is 0 Å². The van der Waals surface area contributed by atoms with Gasteiger partial charge in [-0.1, -0.05) is 47.5 Å². The van der Waals surface area contributed by atoms with Gasteiger partial charge in [-0.3, -0.25) is 0 Å². The predicted molar refractivity (Wildman–Crippen MR) is 89.7 cm³/mol. The Morgan fingerprint density at radius 2 is 0.913 bits per heavy atom. The van der Waals surface area contributed by atoms with Crippen LogP contribution in [-0.4, -0.2) is 14.1 Å². The third kappa shape index (κ3) is 7.74. The molecule has 0 aliphatic heterocycles. The molecule has 0 aliphatic rings. The smallest absolute Gasteiger partial charge is 1.00 e. The molecule has 2 rings (SSSR count). The molecule has 0 bridgehead atoms. The molecule has 0 amide bonds. The Hall–Kier alpha value is -1.22. The quantitative estimate of drug-likeness (QED) is 0.676. The normalized spacial score (nSPS) is 8.26. The maximum absolute atomic E-state index is 4.13. The van der Waals surface area contributed by atoms with E-state index in [2.05, 4.69) is 50.5 Å². The summed E-state index contributed by atoms with van der Waals surface area (Å²) in [5.74, 6) is 0. The Labute approximate surface area is 157 Å². The van der Waals surface area contributed by atoms with Crippen LogP contribution in [0.25, 0.3) is 10.6 Å². The van der Waals surface area contributed by atoms with Gasteiger partial charge in [0.05, 0.1) is 0 Å². The van der Waals surface area contributed by atoms with Crippen LogP contribution in [0.4, 0.5) is 11.4 Å². The summed E-state index contributed by atoms with van der Waals surface area (Å²) in [6.45, 7) is 8.39. The van der Waals surface area contributed by atoms with Gasteiger partial charge in [-0.2, -0.15) is 0 Å². The molecule has 0 spiro atoms. The van der Waals surface area contributed by atoms with Crippen molar-refractivity contribution in [2.24, 2.45) is 0 Å². The molecule has 124 valence electrons. The van der Waals surface area contributed by atoms with Crippen LogP contribution in [0.3, 0.4) is 0 Å². The summed E-state index contributed by atoms with van der Waals surface area (Å²) in [6, 6.07) is 12.3. The molecule has 0 N–H and O–H groups in total. The molecule has 0 fully saturated rings. The molecule has 0 saturated carbocycles. The van der Waals surface area contributed by atoms with E-state index < -0.39 is 0 Å². The van der Waals surface area contributed by atoms with E-state index in [1.807, 2.05) is 38.4 Å². The predicted octanol–water partition coefficient (Wildman–Crippen LogP) is -0.118. The maximum atomic E-state index is 4.13.